The Labute approximate surface area is 852 Å². The average Bonchev–Trinajstić information content (AvgIpc) is 1.63. The van der Waals surface area contributed by atoms with E-state index in [1.807, 2.05) is 214 Å². The van der Waals surface area contributed by atoms with Crippen LogP contribution in [0.25, 0.3) is 45.5 Å². The first-order chi connectivity index (χ1) is 66.7. The average molecular weight is 2090 g/mol. The first-order valence-corrected chi connectivity index (χ1v) is 48.8. The minimum absolute atomic E-state index is 0.0268. The molecule has 15 rings (SSSR count). The maximum atomic E-state index is 12.8. The van der Waals surface area contributed by atoms with Gasteiger partial charge in [-0.3, -0.25) is 24.0 Å². The summed E-state index contributed by atoms with van der Waals surface area (Å²) in [5.41, 5.74) is 29.6. The summed E-state index contributed by atoms with van der Waals surface area (Å²) >= 11 is 37.8. The number of hydrogen-bond acceptors (Lipinski definition) is 21. The molecule has 5 aliphatic heterocycles. The van der Waals surface area contributed by atoms with Gasteiger partial charge in [0.1, 0.15) is 47.8 Å². The molecule has 0 radical (unpaired) electrons. The number of amides is 5. The Hall–Kier alpha value is -10.8. The lowest BCUT2D eigenvalue weighted by Crippen LogP contribution is -2.41. The van der Waals surface area contributed by atoms with Crippen molar-refractivity contribution in [1.82, 2.24) is 34.9 Å². The monoisotopic (exact) mass is 2080 g/mol. The van der Waals surface area contributed by atoms with Crippen molar-refractivity contribution in [3.8, 4) is 56.4 Å². The smallest absolute Gasteiger partial charge is 0.492 e. The second-order valence-corrected chi connectivity index (χ2v) is 36.4. The van der Waals surface area contributed by atoms with Crippen molar-refractivity contribution in [3.63, 3.8) is 0 Å². The molecule has 5 fully saturated rings. The number of anilines is 2. The number of benzene rings is 8. The highest BCUT2D eigenvalue weighted by Crippen LogP contribution is 2.39. The van der Waals surface area contributed by atoms with Gasteiger partial charge in [0, 0.05) is 110 Å². The zero-order valence-electron chi connectivity index (χ0n) is 79.5. The number of carbonyl (C=O) groups excluding carboxylic acids is 5. The second kappa shape index (κ2) is 57.2. The predicted octanol–water partition coefficient (Wildman–Crippen LogP) is 19.2. The van der Waals surface area contributed by atoms with E-state index >= 15 is 0 Å². The number of nitrogens with zero attached hydrogens (tertiary/aromatic N) is 6. The van der Waals surface area contributed by atoms with Gasteiger partial charge in [0.05, 0.1) is 109 Å². The van der Waals surface area contributed by atoms with E-state index in [2.05, 4.69) is 45.1 Å². The number of carboxylic acid groups (broad SMARTS) is 1. The third kappa shape index (κ3) is 35.1. The molecule has 0 saturated carbocycles. The number of aromatic nitrogens is 2. The van der Waals surface area contributed by atoms with Gasteiger partial charge in [0.2, 0.25) is 5.91 Å². The van der Waals surface area contributed by atoms with Crippen molar-refractivity contribution >= 4 is 157 Å². The molecule has 8 N–H and O–H groups in total. The molecule has 35 heteroatoms. The van der Waals surface area contributed by atoms with E-state index in [1.54, 1.807) is 42.6 Å². The fourth-order valence-corrected chi connectivity index (χ4v) is 15.6. The van der Waals surface area contributed by atoms with E-state index in [4.69, 9.17) is 139 Å². The van der Waals surface area contributed by atoms with Crippen LogP contribution in [0.3, 0.4) is 0 Å². The Morgan fingerprint density at radius 3 is 1.14 bits per heavy atom. The number of nitrogens with two attached hydrogens (primary N) is 3. The van der Waals surface area contributed by atoms with Crippen LogP contribution >= 0.6 is 85.5 Å². The number of ether oxygens (including phenoxy) is 8. The predicted molar refractivity (Wildman–Crippen MR) is 557 cm³/mol. The van der Waals surface area contributed by atoms with Crippen molar-refractivity contribution in [2.45, 2.75) is 86.4 Å². The second-order valence-electron chi connectivity index (χ2n) is 33.0. The molecular weight excluding hydrogens is 1960 g/mol. The molecular formula is C104H120BBrCl6N10O17. The SMILES string of the molecule is CCCOc1ccc(-c2ccc(C(=O)N3CCOCC3)c(C)c2)cc1Cl.CCCOc1ccc(Br)cc1Cl.Cc1cc(-c2ccc(OCCNC(=O)/C=C/c3ccc(N)nc3)c(Cl)c2)ccc1C(=O)N1CCOCC1.Cc1cc(B2OC(C)(C)C(C)(C)O2)ccc1C(=O)N1CCOCC1.ClCCl.NCCOc1ccc(-c2ccc(C(=O)N3CCOCC3)cc2)cc1Cl.Nc1ccc(/C=C/C(=O)O)cn1. The summed E-state index contributed by atoms with van der Waals surface area (Å²) in [6.07, 6.45) is 10.6. The Kier molecular flexibility index (Phi) is 46.0. The van der Waals surface area contributed by atoms with E-state index in [0.717, 1.165) is 101 Å². The number of carboxylic acids is 1. The number of hydrogen-bond donors (Lipinski definition) is 5. The van der Waals surface area contributed by atoms with Crippen molar-refractivity contribution in [1.29, 1.82) is 0 Å². The van der Waals surface area contributed by atoms with Crippen molar-refractivity contribution in [2.75, 3.05) is 162 Å². The standard InChI is InChI=1S/C28H29ClN4O4.C21H24ClNO3.C19H21ClN2O3.C18H26BNO4.C9H10BrClO.C8H8N2O2.CH2Cl2/c1-19-16-21(4-6-23(19)28(35)33-11-14-36-15-12-33)22-5-7-25(24(29)17-22)37-13-10-31-27(34)9-3-20-2-8-26(30)32-18-20;1-3-10-26-20-7-5-17(14-19(20)22)16-4-6-18(15(2)13-16)21(24)23-8-11-25-12-9-23;20-17-13-16(5-6-18(17)25-10-7-21)14-1-3-15(4-2-14)19(23)22-8-11-24-12-9-22;1-13-12-14(19-23-17(2,3)18(4,5)24-19)6-7-15(13)16(21)20-8-10-22-11-9-20;1-2-5-12-9-4-3-7(10)6-8(9)11;9-7-3-1-6(5-10-7)2-4-8(11)12;2-1-3/h2-9,16-18H,10-15H2,1H3,(H2,30,32)(H,31,34);4-7,13-14H,3,8-12H2,1-2H3;1-6,13H,7-12,21H2;6-7,12H,8-11H2,1-5H3;3-4,6H,2,5H2,1H3;1-5H,(H2,9,10)(H,11,12);1H2/b9-3+;;;;;4-2+;. The van der Waals surface area contributed by atoms with Crippen LogP contribution in [0.15, 0.2) is 205 Å². The van der Waals surface area contributed by atoms with Gasteiger partial charge in [-0.1, -0.05) is 143 Å². The molecule has 5 amide bonds. The molecule has 2 aromatic heterocycles. The van der Waals surface area contributed by atoms with Gasteiger partial charge in [-0.25, -0.2) is 14.8 Å². The van der Waals surface area contributed by atoms with Crippen LogP contribution in [0.4, 0.5) is 11.6 Å². The molecule has 0 bridgehead atoms. The van der Waals surface area contributed by atoms with Gasteiger partial charge in [-0.15, -0.1) is 23.2 Å². The Morgan fingerprint density at radius 1 is 0.446 bits per heavy atom. The third-order valence-corrected chi connectivity index (χ3v) is 24.0. The lowest BCUT2D eigenvalue weighted by molar-refractivity contribution is -0.131. The van der Waals surface area contributed by atoms with Crippen LogP contribution < -0.4 is 46.9 Å². The zero-order chi connectivity index (χ0) is 101. The minimum atomic E-state index is -0.980. The van der Waals surface area contributed by atoms with Crippen LogP contribution in [0.1, 0.15) is 124 Å². The van der Waals surface area contributed by atoms with Gasteiger partial charge < -0.3 is 94.4 Å². The first kappa shape index (κ1) is 112. The molecule has 0 atom stereocenters. The van der Waals surface area contributed by atoms with Crippen molar-refractivity contribution < 1.29 is 81.1 Å². The van der Waals surface area contributed by atoms with Crippen molar-refractivity contribution in [2.24, 2.45) is 5.73 Å². The molecule has 0 aliphatic carbocycles. The molecule has 7 heterocycles. The summed E-state index contributed by atoms with van der Waals surface area (Å²) in [7, 11) is -0.402. The highest BCUT2D eigenvalue weighted by molar-refractivity contribution is 9.10. The fraction of sp³-hybridized carbons (Fsp3) is 0.346. The molecule has 139 heavy (non-hydrogen) atoms. The number of aliphatic carboxylic acids is 1. The summed E-state index contributed by atoms with van der Waals surface area (Å²) in [5, 5.41) is 13.5. The third-order valence-electron chi connectivity index (χ3n) is 22.4. The van der Waals surface area contributed by atoms with Gasteiger partial charge >= 0.3 is 13.1 Å². The van der Waals surface area contributed by atoms with E-state index in [-0.39, 0.29) is 52.7 Å². The number of nitrogens with one attached hydrogen (secondary N) is 1. The maximum Gasteiger partial charge on any atom is 0.494 e. The molecule has 27 nitrogen and oxygen atoms in total. The molecule has 0 spiro atoms. The molecule has 8 aromatic carbocycles. The molecule has 10 aromatic rings. The number of halogens is 7. The number of pyridine rings is 2. The lowest BCUT2D eigenvalue weighted by Gasteiger charge is -2.32. The van der Waals surface area contributed by atoms with Gasteiger partial charge in [0.25, 0.3) is 23.6 Å². The van der Waals surface area contributed by atoms with E-state index in [9.17, 15) is 28.8 Å². The van der Waals surface area contributed by atoms with Crippen LogP contribution in [-0.4, -0.2) is 239 Å². The van der Waals surface area contributed by atoms with Crippen molar-refractivity contribution in [3.05, 3.63) is 275 Å². The number of rotatable bonds is 25. The summed E-state index contributed by atoms with van der Waals surface area (Å²) in [4.78, 5) is 87.9. The molecule has 5 aliphatic rings. The number of carbonyl (C=O) groups is 6. The van der Waals surface area contributed by atoms with Crippen LogP contribution in [0.5, 0.6) is 23.0 Å². The number of alkyl halides is 2. The zero-order valence-corrected chi connectivity index (χ0v) is 85.6. The number of nitrogen functional groups attached to an aromatic ring is 2. The minimum Gasteiger partial charge on any atom is -0.492 e. The fourth-order valence-electron chi connectivity index (χ4n) is 14.1. The van der Waals surface area contributed by atoms with Gasteiger partial charge in [-0.2, -0.15) is 0 Å². The van der Waals surface area contributed by atoms with Crippen LogP contribution in [0.2, 0.25) is 20.1 Å². The summed E-state index contributed by atoms with van der Waals surface area (Å²) in [6, 6.07) is 54.4. The molecule has 740 valence electrons. The van der Waals surface area contributed by atoms with Gasteiger partial charge in [-0.05, 0) is 249 Å². The Bertz CT molecular complexity index is 5740. The van der Waals surface area contributed by atoms with E-state index in [1.165, 1.54) is 18.3 Å². The van der Waals surface area contributed by atoms with E-state index in [0.29, 0.717) is 204 Å². The number of morpholine rings is 4. The lowest BCUT2D eigenvalue weighted by atomic mass is 9.78. The summed E-state index contributed by atoms with van der Waals surface area (Å²) in [5.74, 6) is 2.42. The largest absolute Gasteiger partial charge is 0.494 e. The van der Waals surface area contributed by atoms with Crippen LogP contribution in [0, 0.1) is 20.8 Å². The quantitative estimate of drug-likeness (QED) is 0.0154. The maximum absolute atomic E-state index is 12.8. The highest BCUT2D eigenvalue weighted by Gasteiger charge is 2.52. The topological polar surface area (TPSA) is 344 Å². The van der Waals surface area contributed by atoms with Gasteiger partial charge in [0.15, 0.2) is 0 Å². The number of aryl methyl sites for hydroxylation is 3. The van der Waals surface area contributed by atoms with Crippen LogP contribution in [-0.2, 0) is 37.8 Å². The normalized spacial score (nSPS) is 14.7. The molecule has 5 saturated heterocycles. The molecule has 0 unspecified atom stereocenters. The summed E-state index contributed by atoms with van der Waals surface area (Å²) < 4.78 is 56.6. The Balaban J connectivity index is 0.000000192. The van der Waals surface area contributed by atoms with E-state index < -0.39 is 13.1 Å². The highest BCUT2D eigenvalue weighted by atomic mass is 79.9. The first-order valence-electron chi connectivity index (χ1n) is 45.5. The summed E-state index contributed by atoms with van der Waals surface area (Å²) in [6.45, 7) is 30.8. The Morgan fingerprint density at radius 2 is 0.784 bits per heavy atom.